The van der Waals surface area contributed by atoms with Gasteiger partial charge in [0.25, 0.3) is 5.91 Å². The van der Waals surface area contributed by atoms with Crippen LogP contribution < -0.4 is 20.1 Å². The summed E-state index contributed by atoms with van der Waals surface area (Å²) >= 11 is 7.47. The van der Waals surface area contributed by atoms with Gasteiger partial charge in [-0.05, 0) is 42.0 Å². The van der Waals surface area contributed by atoms with Crippen molar-refractivity contribution < 1.29 is 19.1 Å². The van der Waals surface area contributed by atoms with Gasteiger partial charge in [-0.2, -0.15) is 0 Å². The summed E-state index contributed by atoms with van der Waals surface area (Å²) in [6.45, 7) is -0.233. The molecule has 136 valence electrons. The van der Waals surface area contributed by atoms with Gasteiger partial charge in [0.2, 0.25) is 5.91 Å². The van der Waals surface area contributed by atoms with Crippen LogP contribution in [0.4, 0.5) is 5.69 Å². The molecule has 3 rings (SSSR count). The van der Waals surface area contributed by atoms with Crippen LogP contribution >= 0.6 is 23.4 Å². The zero-order valence-corrected chi connectivity index (χ0v) is 15.5. The fourth-order valence-corrected chi connectivity index (χ4v) is 3.95. The number of carbonyl (C=O) groups excluding carboxylic acids is 2. The predicted molar refractivity (Wildman–Crippen MR) is 102 cm³/mol. The highest BCUT2D eigenvalue weighted by molar-refractivity contribution is 8.00. The number of thioether (sulfide) groups is 1. The molecule has 1 heterocycles. The summed E-state index contributed by atoms with van der Waals surface area (Å²) in [5.41, 5.74) is 6.78. The first-order valence-electron chi connectivity index (χ1n) is 7.78. The van der Waals surface area contributed by atoms with Crippen molar-refractivity contribution in [2.24, 2.45) is 5.73 Å². The van der Waals surface area contributed by atoms with Gasteiger partial charge in [0.15, 0.2) is 18.1 Å². The van der Waals surface area contributed by atoms with E-state index in [9.17, 15) is 9.59 Å². The molecule has 8 heteroatoms. The minimum absolute atomic E-state index is 0.0235. The Labute approximate surface area is 160 Å². The molecule has 6 nitrogen and oxygen atoms in total. The molecule has 0 bridgehead atoms. The molecule has 1 atom stereocenters. The lowest BCUT2D eigenvalue weighted by atomic mass is 10.1. The first-order valence-corrected chi connectivity index (χ1v) is 9.20. The fraction of sp³-hybridized carbons (Fsp3) is 0.222. The topological polar surface area (TPSA) is 81.9 Å². The summed E-state index contributed by atoms with van der Waals surface area (Å²) in [5.74, 6) is 0.731. The number of benzene rings is 2. The first-order chi connectivity index (χ1) is 12.5. The van der Waals surface area contributed by atoms with E-state index in [0.717, 1.165) is 11.3 Å². The lowest BCUT2D eigenvalue weighted by molar-refractivity contribution is -0.120. The monoisotopic (exact) mass is 392 g/mol. The Kier molecular flexibility index (Phi) is 5.58. The number of amides is 2. The van der Waals surface area contributed by atoms with E-state index in [-0.39, 0.29) is 17.9 Å². The third-order valence-corrected chi connectivity index (χ3v) is 5.28. The number of hydrogen-bond donors (Lipinski definition) is 1. The fourth-order valence-electron chi connectivity index (χ4n) is 2.66. The van der Waals surface area contributed by atoms with Crippen molar-refractivity contribution in [3.05, 3.63) is 53.1 Å². The molecule has 0 unspecified atom stereocenters. The Bertz CT molecular complexity index is 828. The van der Waals surface area contributed by atoms with E-state index >= 15 is 0 Å². The van der Waals surface area contributed by atoms with Gasteiger partial charge in [-0.1, -0.05) is 17.7 Å². The summed E-state index contributed by atoms with van der Waals surface area (Å²) in [4.78, 5) is 25.1. The predicted octanol–water partition coefficient (Wildman–Crippen LogP) is 2.99. The molecule has 1 aliphatic rings. The molecular weight excluding hydrogens is 376 g/mol. The maximum atomic E-state index is 12.4. The van der Waals surface area contributed by atoms with Crippen LogP contribution in [0.3, 0.4) is 0 Å². The number of carbonyl (C=O) groups is 2. The van der Waals surface area contributed by atoms with Gasteiger partial charge in [0, 0.05) is 10.7 Å². The van der Waals surface area contributed by atoms with Crippen molar-refractivity contribution >= 4 is 40.9 Å². The Balaban J connectivity index is 1.90. The highest BCUT2D eigenvalue weighted by Crippen LogP contribution is 2.44. The van der Waals surface area contributed by atoms with Crippen LogP contribution in [0.25, 0.3) is 0 Å². The number of primary amides is 1. The number of ether oxygens (including phenoxy) is 2. The maximum Gasteiger partial charge on any atom is 0.255 e. The number of anilines is 1. The van der Waals surface area contributed by atoms with Crippen LogP contribution in [0.15, 0.2) is 42.5 Å². The molecule has 2 N–H and O–H groups in total. The third kappa shape index (κ3) is 3.89. The second-order valence-electron chi connectivity index (χ2n) is 5.57. The van der Waals surface area contributed by atoms with Crippen LogP contribution in [0.1, 0.15) is 10.9 Å². The van der Waals surface area contributed by atoms with E-state index in [4.69, 9.17) is 26.8 Å². The second-order valence-corrected chi connectivity index (χ2v) is 7.07. The quantitative estimate of drug-likeness (QED) is 0.817. The summed E-state index contributed by atoms with van der Waals surface area (Å²) < 4.78 is 10.7. The molecule has 1 aliphatic heterocycles. The summed E-state index contributed by atoms with van der Waals surface area (Å²) in [5, 5.41) is 0.421. The molecular formula is C18H17ClN2O4S. The van der Waals surface area contributed by atoms with Gasteiger partial charge in [-0.15, -0.1) is 11.8 Å². The van der Waals surface area contributed by atoms with Gasteiger partial charge in [-0.3, -0.25) is 14.5 Å². The maximum absolute atomic E-state index is 12.4. The molecule has 2 aromatic carbocycles. The Morgan fingerprint density at radius 1 is 1.27 bits per heavy atom. The van der Waals surface area contributed by atoms with Gasteiger partial charge in [0.05, 0.1) is 12.9 Å². The normalized spacial score (nSPS) is 16.6. The van der Waals surface area contributed by atoms with Gasteiger partial charge in [0.1, 0.15) is 5.37 Å². The minimum Gasteiger partial charge on any atom is -0.493 e. The molecule has 1 fully saturated rings. The Morgan fingerprint density at radius 2 is 2.00 bits per heavy atom. The molecule has 0 saturated carbocycles. The van der Waals surface area contributed by atoms with E-state index in [1.165, 1.54) is 18.9 Å². The summed E-state index contributed by atoms with van der Waals surface area (Å²) in [7, 11) is 1.51. The molecule has 26 heavy (non-hydrogen) atoms. The number of halogens is 1. The number of hydrogen-bond acceptors (Lipinski definition) is 5. The van der Waals surface area contributed by atoms with E-state index in [0.29, 0.717) is 22.3 Å². The first kappa shape index (κ1) is 18.4. The van der Waals surface area contributed by atoms with E-state index in [1.54, 1.807) is 29.2 Å². The molecule has 0 spiro atoms. The van der Waals surface area contributed by atoms with Gasteiger partial charge in [-0.25, -0.2) is 0 Å². The number of nitrogens with two attached hydrogens (primary N) is 1. The molecule has 2 aromatic rings. The smallest absolute Gasteiger partial charge is 0.255 e. The van der Waals surface area contributed by atoms with Crippen LogP contribution in [0.2, 0.25) is 5.02 Å². The number of rotatable bonds is 6. The van der Waals surface area contributed by atoms with E-state index in [1.807, 2.05) is 18.2 Å². The minimum atomic E-state index is -0.568. The summed E-state index contributed by atoms with van der Waals surface area (Å²) in [6.07, 6.45) is 0. The van der Waals surface area contributed by atoms with Gasteiger partial charge >= 0.3 is 0 Å². The lowest BCUT2D eigenvalue weighted by Gasteiger charge is -2.25. The zero-order valence-electron chi connectivity index (χ0n) is 14.0. The largest absolute Gasteiger partial charge is 0.493 e. The Hall–Kier alpha value is -2.38. The average molecular weight is 393 g/mol. The second kappa shape index (κ2) is 7.88. The van der Waals surface area contributed by atoms with Crippen molar-refractivity contribution in [1.82, 2.24) is 0 Å². The standard InChI is InChI=1S/C18H17ClN2O4S/c1-24-15-8-11(2-7-14(15)25-9-16(20)22)18-21(17(23)10-26-18)13-5-3-12(19)4-6-13/h2-8,18H,9-10H2,1H3,(H2,20,22)/t18-/m1/s1. The van der Waals surface area contributed by atoms with Crippen LogP contribution in [0.5, 0.6) is 11.5 Å². The van der Waals surface area contributed by atoms with Crippen molar-refractivity contribution in [2.75, 3.05) is 24.4 Å². The number of methoxy groups -OCH3 is 1. The van der Waals surface area contributed by atoms with Gasteiger partial charge < -0.3 is 15.2 Å². The van der Waals surface area contributed by atoms with Crippen molar-refractivity contribution in [1.29, 1.82) is 0 Å². The Morgan fingerprint density at radius 3 is 2.65 bits per heavy atom. The van der Waals surface area contributed by atoms with Crippen molar-refractivity contribution in [2.45, 2.75) is 5.37 Å². The molecule has 1 saturated heterocycles. The van der Waals surface area contributed by atoms with E-state index in [2.05, 4.69) is 0 Å². The highest BCUT2D eigenvalue weighted by Gasteiger charge is 2.34. The third-order valence-electron chi connectivity index (χ3n) is 3.82. The number of nitrogens with zero attached hydrogens (tertiary/aromatic N) is 1. The molecule has 0 aliphatic carbocycles. The lowest BCUT2D eigenvalue weighted by Crippen LogP contribution is -2.27. The summed E-state index contributed by atoms with van der Waals surface area (Å²) in [6, 6.07) is 12.5. The SMILES string of the molecule is COc1cc([C@H]2SCC(=O)N2c2ccc(Cl)cc2)ccc1OCC(N)=O. The van der Waals surface area contributed by atoms with Crippen molar-refractivity contribution in [3.8, 4) is 11.5 Å². The molecule has 0 radical (unpaired) electrons. The molecule has 2 amide bonds. The molecule has 0 aromatic heterocycles. The van der Waals surface area contributed by atoms with Crippen LogP contribution in [-0.2, 0) is 9.59 Å². The highest BCUT2D eigenvalue weighted by atomic mass is 35.5. The van der Waals surface area contributed by atoms with Crippen LogP contribution in [0, 0.1) is 0 Å². The zero-order chi connectivity index (χ0) is 18.7. The average Bonchev–Trinajstić information content (AvgIpc) is 3.02. The van der Waals surface area contributed by atoms with Crippen molar-refractivity contribution in [3.63, 3.8) is 0 Å². The van der Waals surface area contributed by atoms with Crippen LogP contribution in [-0.4, -0.2) is 31.3 Å². The van der Waals surface area contributed by atoms with E-state index < -0.39 is 5.91 Å².